The number of hydrogen-bond acceptors (Lipinski definition) is 4. The lowest BCUT2D eigenvalue weighted by molar-refractivity contribution is -0.147. The average Bonchev–Trinajstić information content (AvgIpc) is 2.47. The van der Waals surface area contributed by atoms with Crippen LogP contribution in [0.2, 0.25) is 0 Å². The van der Waals surface area contributed by atoms with Crippen LogP contribution in [0.3, 0.4) is 0 Å². The maximum atomic E-state index is 11.9. The quantitative estimate of drug-likeness (QED) is 0.841. The van der Waals surface area contributed by atoms with Gasteiger partial charge in [-0.3, -0.25) is 4.79 Å². The van der Waals surface area contributed by atoms with Crippen molar-refractivity contribution in [3.05, 3.63) is 35.9 Å². The topological polar surface area (TPSA) is 87.2 Å². The zero-order valence-corrected chi connectivity index (χ0v) is 12.9. The summed E-state index contributed by atoms with van der Waals surface area (Å²) in [5.74, 6) is -1.51. The molecule has 0 fully saturated rings. The molecule has 0 bridgehead atoms. The van der Waals surface area contributed by atoms with Crippen molar-refractivity contribution in [2.45, 2.75) is 12.5 Å². The number of aliphatic carboxylic acids is 1. The largest absolute Gasteiger partial charge is 0.478 e. The van der Waals surface area contributed by atoms with Crippen LogP contribution in [-0.2, 0) is 20.7 Å². The molecule has 0 spiro atoms. The maximum Gasteiger partial charge on any atom is 0.410 e. The van der Waals surface area contributed by atoms with Gasteiger partial charge in [0.1, 0.15) is 6.54 Å². The minimum absolute atomic E-state index is 0.0668. The molecule has 0 saturated heterocycles. The Morgan fingerprint density at radius 3 is 2.23 bits per heavy atom. The van der Waals surface area contributed by atoms with Crippen molar-refractivity contribution < 1.29 is 24.2 Å². The summed E-state index contributed by atoms with van der Waals surface area (Å²) in [6, 6.07) is 8.87. The first kappa shape index (κ1) is 17.5. The number of carboxylic acid groups (broad SMARTS) is 1. The third kappa shape index (κ3) is 5.43. The number of likely N-dealkylation sites (N-methyl/N-ethyl adjacent to an activating group) is 2. The second-order valence-corrected chi connectivity index (χ2v) is 5.04. The molecule has 1 aromatic rings. The Kier molecular flexibility index (Phi) is 6.37. The standard InChI is InChI=1S/C15H20N2O5/c1-16(2)13(18)10-17(3)15(21)22-12(14(19)20)9-11-7-5-4-6-8-11/h4-8,12H,9-10H2,1-3H3,(H,19,20)/t12-/m0/s1. The van der Waals surface area contributed by atoms with E-state index in [1.165, 1.54) is 11.9 Å². The van der Waals surface area contributed by atoms with Gasteiger partial charge in [0, 0.05) is 27.6 Å². The molecule has 0 unspecified atom stereocenters. The van der Waals surface area contributed by atoms with Gasteiger partial charge < -0.3 is 19.6 Å². The Hall–Kier alpha value is -2.57. The van der Waals surface area contributed by atoms with Crippen LogP contribution in [0, 0.1) is 0 Å². The Morgan fingerprint density at radius 2 is 1.73 bits per heavy atom. The predicted molar refractivity (Wildman–Crippen MR) is 79.4 cm³/mol. The molecule has 0 radical (unpaired) electrons. The molecule has 1 aromatic carbocycles. The number of carboxylic acids is 1. The third-order valence-electron chi connectivity index (χ3n) is 2.97. The second kappa shape index (κ2) is 8.02. The molecule has 22 heavy (non-hydrogen) atoms. The molecule has 0 aromatic heterocycles. The van der Waals surface area contributed by atoms with Crippen LogP contribution in [-0.4, -0.2) is 66.7 Å². The molecule has 1 rings (SSSR count). The molecule has 0 aliphatic heterocycles. The summed E-state index contributed by atoms with van der Waals surface area (Å²) in [6.07, 6.45) is -2.08. The number of hydrogen-bond donors (Lipinski definition) is 1. The number of rotatable bonds is 6. The van der Waals surface area contributed by atoms with Crippen molar-refractivity contribution in [1.29, 1.82) is 0 Å². The highest BCUT2D eigenvalue weighted by molar-refractivity contribution is 5.83. The first-order chi connectivity index (χ1) is 10.3. The number of benzene rings is 1. The minimum Gasteiger partial charge on any atom is -0.478 e. The number of nitrogens with zero attached hydrogens (tertiary/aromatic N) is 2. The van der Waals surface area contributed by atoms with Gasteiger partial charge in [0.05, 0.1) is 0 Å². The lowest BCUT2D eigenvalue weighted by Crippen LogP contribution is -2.41. The molecular formula is C15H20N2O5. The van der Waals surface area contributed by atoms with Crippen LogP contribution in [0.5, 0.6) is 0 Å². The van der Waals surface area contributed by atoms with E-state index in [0.717, 1.165) is 10.5 Å². The predicted octanol–water partition coefficient (Wildman–Crippen LogP) is 0.839. The number of carbonyl (C=O) groups excluding carboxylic acids is 2. The van der Waals surface area contributed by atoms with Gasteiger partial charge in [-0.15, -0.1) is 0 Å². The van der Waals surface area contributed by atoms with Gasteiger partial charge in [-0.25, -0.2) is 9.59 Å². The minimum atomic E-state index is -1.30. The fourth-order valence-corrected chi connectivity index (χ4v) is 1.63. The van der Waals surface area contributed by atoms with Crippen LogP contribution in [0.15, 0.2) is 30.3 Å². The van der Waals surface area contributed by atoms with E-state index in [0.29, 0.717) is 0 Å². The summed E-state index contributed by atoms with van der Waals surface area (Å²) < 4.78 is 4.97. The fourth-order valence-electron chi connectivity index (χ4n) is 1.63. The third-order valence-corrected chi connectivity index (χ3v) is 2.97. The first-order valence-corrected chi connectivity index (χ1v) is 6.70. The normalized spacial score (nSPS) is 11.4. The monoisotopic (exact) mass is 308 g/mol. The molecule has 1 N–H and O–H groups in total. The lowest BCUT2D eigenvalue weighted by atomic mass is 10.1. The summed E-state index contributed by atoms with van der Waals surface area (Å²) >= 11 is 0. The SMILES string of the molecule is CN(C)C(=O)CN(C)C(=O)O[C@@H](Cc1ccccc1)C(=O)O. The van der Waals surface area contributed by atoms with Gasteiger partial charge in [-0.05, 0) is 5.56 Å². The summed E-state index contributed by atoms with van der Waals surface area (Å²) in [6.45, 7) is -0.177. The molecule has 0 aliphatic carbocycles. The number of ether oxygens (including phenoxy) is 1. The van der Waals surface area contributed by atoms with Crippen LogP contribution in [0.25, 0.3) is 0 Å². The zero-order valence-electron chi connectivity index (χ0n) is 12.9. The Bertz CT molecular complexity index is 530. The van der Waals surface area contributed by atoms with Crippen LogP contribution < -0.4 is 0 Å². The van der Waals surface area contributed by atoms with E-state index in [1.807, 2.05) is 6.07 Å². The zero-order chi connectivity index (χ0) is 16.7. The summed E-state index contributed by atoms with van der Waals surface area (Å²) in [5.41, 5.74) is 0.745. The fraction of sp³-hybridized carbons (Fsp3) is 0.400. The van der Waals surface area contributed by atoms with Gasteiger partial charge in [0.2, 0.25) is 12.0 Å². The van der Waals surface area contributed by atoms with Crippen LogP contribution >= 0.6 is 0 Å². The van der Waals surface area contributed by atoms with Crippen molar-refractivity contribution in [3.63, 3.8) is 0 Å². The first-order valence-electron chi connectivity index (χ1n) is 6.70. The Morgan fingerprint density at radius 1 is 1.14 bits per heavy atom. The molecule has 0 saturated carbocycles. The van der Waals surface area contributed by atoms with Crippen molar-refractivity contribution >= 4 is 18.0 Å². The van der Waals surface area contributed by atoms with Crippen LogP contribution in [0.4, 0.5) is 4.79 Å². The van der Waals surface area contributed by atoms with Gasteiger partial charge >= 0.3 is 12.1 Å². The summed E-state index contributed by atoms with van der Waals surface area (Å²) in [4.78, 5) is 37.0. The van der Waals surface area contributed by atoms with E-state index in [1.54, 1.807) is 38.4 Å². The summed E-state index contributed by atoms with van der Waals surface area (Å²) in [5, 5.41) is 9.16. The molecule has 1 atom stereocenters. The van der Waals surface area contributed by atoms with E-state index >= 15 is 0 Å². The Balaban J connectivity index is 2.64. The molecule has 0 heterocycles. The van der Waals surface area contributed by atoms with Crippen LogP contribution in [0.1, 0.15) is 5.56 Å². The molecule has 0 aliphatic rings. The van der Waals surface area contributed by atoms with Gasteiger partial charge in [-0.2, -0.15) is 0 Å². The summed E-state index contributed by atoms with van der Waals surface area (Å²) in [7, 11) is 4.51. The molecule has 7 heteroatoms. The van der Waals surface area contributed by atoms with E-state index in [-0.39, 0.29) is 18.9 Å². The highest BCUT2D eigenvalue weighted by Crippen LogP contribution is 2.08. The van der Waals surface area contributed by atoms with Gasteiger partial charge in [0.15, 0.2) is 0 Å². The highest BCUT2D eigenvalue weighted by Gasteiger charge is 2.25. The van der Waals surface area contributed by atoms with Crippen molar-refractivity contribution in [1.82, 2.24) is 9.80 Å². The lowest BCUT2D eigenvalue weighted by Gasteiger charge is -2.21. The molecule has 7 nitrogen and oxygen atoms in total. The average molecular weight is 308 g/mol. The number of amides is 2. The van der Waals surface area contributed by atoms with E-state index in [4.69, 9.17) is 9.84 Å². The van der Waals surface area contributed by atoms with Gasteiger partial charge in [-0.1, -0.05) is 30.3 Å². The number of carbonyl (C=O) groups is 3. The Labute approximate surface area is 129 Å². The molecule has 120 valence electrons. The van der Waals surface area contributed by atoms with E-state index in [9.17, 15) is 14.4 Å². The highest BCUT2D eigenvalue weighted by atomic mass is 16.6. The second-order valence-electron chi connectivity index (χ2n) is 5.04. The van der Waals surface area contributed by atoms with E-state index in [2.05, 4.69) is 0 Å². The smallest absolute Gasteiger partial charge is 0.410 e. The van der Waals surface area contributed by atoms with Crippen molar-refractivity contribution in [3.8, 4) is 0 Å². The van der Waals surface area contributed by atoms with Crippen molar-refractivity contribution in [2.24, 2.45) is 0 Å². The molecular weight excluding hydrogens is 288 g/mol. The van der Waals surface area contributed by atoms with Crippen molar-refractivity contribution in [2.75, 3.05) is 27.7 Å². The van der Waals surface area contributed by atoms with Gasteiger partial charge in [0.25, 0.3) is 0 Å². The molecule has 2 amide bonds. The maximum absolute atomic E-state index is 11.9. The van der Waals surface area contributed by atoms with E-state index < -0.39 is 18.2 Å².